The number of methoxy groups -OCH3 is 1. The molecular formula is C19H25N3O3. The number of aryl methyl sites for hydroxylation is 2. The van der Waals surface area contributed by atoms with Gasteiger partial charge in [0.1, 0.15) is 5.75 Å². The van der Waals surface area contributed by atoms with Crippen molar-refractivity contribution in [1.29, 1.82) is 0 Å². The van der Waals surface area contributed by atoms with Crippen molar-refractivity contribution in [2.24, 2.45) is 13.0 Å². The number of hydrogen-bond acceptors (Lipinski definition) is 5. The molecular weight excluding hydrogens is 318 g/mol. The first-order valence-electron chi connectivity index (χ1n) is 8.51. The first-order valence-corrected chi connectivity index (χ1v) is 8.51. The van der Waals surface area contributed by atoms with Crippen molar-refractivity contribution in [2.75, 3.05) is 27.3 Å². The average molecular weight is 343 g/mol. The minimum absolute atomic E-state index is 0.240. The fourth-order valence-electron chi connectivity index (χ4n) is 3.45. The monoisotopic (exact) mass is 343 g/mol. The normalized spacial score (nSPS) is 20.6. The number of ether oxygens (including phenoxy) is 2. The Labute approximate surface area is 148 Å². The zero-order chi connectivity index (χ0) is 18.0. The highest BCUT2D eigenvalue weighted by Gasteiger charge is 2.34. The van der Waals surface area contributed by atoms with Crippen molar-refractivity contribution >= 4 is 5.97 Å². The second-order valence-corrected chi connectivity index (χ2v) is 6.64. The van der Waals surface area contributed by atoms with Gasteiger partial charge < -0.3 is 9.47 Å². The van der Waals surface area contributed by atoms with Gasteiger partial charge in [-0.05, 0) is 50.7 Å². The number of carbonyl (C=O) groups excluding carboxylic acids is 1. The van der Waals surface area contributed by atoms with Gasteiger partial charge in [-0.2, -0.15) is 5.10 Å². The van der Waals surface area contributed by atoms with Gasteiger partial charge in [-0.15, -0.1) is 0 Å². The van der Waals surface area contributed by atoms with Gasteiger partial charge in [0, 0.05) is 24.7 Å². The maximum Gasteiger partial charge on any atom is 0.358 e. The van der Waals surface area contributed by atoms with E-state index in [1.54, 1.807) is 17.9 Å². The number of esters is 1. The quantitative estimate of drug-likeness (QED) is 0.781. The number of carbonyl (C=O) groups is 1. The summed E-state index contributed by atoms with van der Waals surface area (Å²) in [5.41, 5.74) is 2.52. The van der Waals surface area contributed by atoms with Crippen LogP contribution in [-0.2, 0) is 11.8 Å². The van der Waals surface area contributed by atoms with Crippen molar-refractivity contribution in [2.45, 2.75) is 19.4 Å². The van der Waals surface area contributed by atoms with Gasteiger partial charge in [-0.3, -0.25) is 9.58 Å². The Kier molecular flexibility index (Phi) is 5.08. The van der Waals surface area contributed by atoms with Crippen LogP contribution in [0.15, 0.2) is 30.3 Å². The molecule has 1 saturated heterocycles. The largest absolute Gasteiger partial charge is 0.497 e. The van der Waals surface area contributed by atoms with E-state index in [0.717, 1.165) is 24.4 Å². The second kappa shape index (κ2) is 7.27. The highest BCUT2D eigenvalue weighted by Crippen LogP contribution is 2.36. The fraction of sp³-hybridized carbons (Fsp3) is 0.474. The Morgan fingerprint density at radius 2 is 2.00 bits per heavy atom. The minimum Gasteiger partial charge on any atom is -0.497 e. The van der Waals surface area contributed by atoms with E-state index in [9.17, 15) is 4.79 Å². The molecule has 1 aromatic carbocycles. The summed E-state index contributed by atoms with van der Waals surface area (Å²) >= 11 is 0. The van der Waals surface area contributed by atoms with E-state index in [1.165, 1.54) is 5.56 Å². The Morgan fingerprint density at radius 1 is 1.28 bits per heavy atom. The molecule has 2 atom stereocenters. The molecule has 0 N–H and O–H groups in total. The SMILES string of the molecule is COc1ccc([C@@H]2[C@@H](COC(=O)c3cc(C)n(C)n3)CCN2C)cc1. The first kappa shape index (κ1) is 17.5. The van der Waals surface area contributed by atoms with Gasteiger partial charge in [-0.25, -0.2) is 4.79 Å². The lowest BCUT2D eigenvalue weighted by Crippen LogP contribution is -2.24. The lowest BCUT2D eigenvalue weighted by atomic mass is 9.94. The van der Waals surface area contributed by atoms with Gasteiger partial charge in [0.25, 0.3) is 0 Å². The molecule has 0 saturated carbocycles. The molecule has 2 aromatic rings. The molecule has 3 rings (SSSR count). The molecule has 0 aliphatic carbocycles. The van der Waals surface area contributed by atoms with Crippen molar-refractivity contribution in [3.05, 3.63) is 47.3 Å². The maximum atomic E-state index is 12.2. The van der Waals surface area contributed by atoms with Crippen LogP contribution in [-0.4, -0.2) is 48.0 Å². The Balaban J connectivity index is 1.67. The zero-order valence-electron chi connectivity index (χ0n) is 15.2. The summed E-state index contributed by atoms with van der Waals surface area (Å²) in [4.78, 5) is 14.6. The van der Waals surface area contributed by atoms with Gasteiger partial charge in [-0.1, -0.05) is 12.1 Å². The third-order valence-corrected chi connectivity index (χ3v) is 4.98. The number of nitrogens with zero attached hydrogens (tertiary/aromatic N) is 3. The number of rotatable bonds is 5. The third-order valence-electron chi connectivity index (χ3n) is 4.98. The Bertz CT molecular complexity index is 719. The van der Waals surface area contributed by atoms with E-state index < -0.39 is 0 Å². The standard InChI is InChI=1S/C19H25N3O3/c1-13-11-17(20-22(13)3)19(23)25-12-15-9-10-21(2)18(15)14-5-7-16(24-4)8-6-14/h5-8,11,15,18H,9-10,12H2,1-4H3/t15-,18-/m1/s1. The summed E-state index contributed by atoms with van der Waals surface area (Å²) in [6, 6.07) is 10.1. The minimum atomic E-state index is -0.355. The van der Waals surface area contributed by atoms with Gasteiger partial charge >= 0.3 is 5.97 Å². The van der Waals surface area contributed by atoms with Gasteiger partial charge in [0.15, 0.2) is 5.69 Å². The van der Waals surface area contributed by atoms with E-state index in [2.05, 4.69) is 29.2 Å². The second-order valence-electron chi connectivity index (χ2n) is 6.64. The number of benzene rings is 1. The molecule has 25 heavy (non-hydrogen) atoms. The fourth-order valence-corrected chi connectivity index (χ4v) is 3.45. The Hall–Kier alpha value is -2.34. The summed E-state index contributed by atoms with van der Waals surface area (Å²) in [5.74, 6) is 0.761. The highest BCUT2D eigenvalue weighted by atomic mass is 16.5. The summed E-state index contributed by atoms with van der Waals surface area (Å²) < 4.78 is 12.5. The van der Waals surface area contributed by atoms with E-state index in [1.807, 2.05) is 26.1 Å². The van der Waals surface area contributed by atoms with Crippen LogP contribution >= 0.6 is 0 Å². The number of likely N-dealkylation sites (tertiary alicyclic amines) is 1. The van der Waals surface area contributed by atoms with Crippen LogP contribution in [0.4, 0.5) is 0 Å². The first-order chi connectivity index (χ1) is 12.0. The van der Waals surface area contributed by atoms with E-state index in [4.69, 9.17) is 9.47 Å². The van der Waals surface area contributed by atoms with Crippen LogP contribution in [0.5, 0.6) is 5.75 Å². The van der Waals surface area contributed by atoms with E-state index >= 15 is 0 Å². The predicted octanol–water partition coefficient (Wildman–Crippen LogP) is 2.59. The van der Waals surface area contributed by atoms with Crippen molar-refractivity contribution < 1.29 is 14.3 Å². The molecule has 1 fully saturated rings. The molecule has 0 amide bonds. The van der Waals surface area contributed by atoms with E-state index in [0.29, 0.717) is 12.3 Å². The highest BCUT2D eigenvalue weighted by molar-refractivity contribution is 5.87. The number of hydrogen-bond donors (Lipinski definition) is 0. The molecule has 1 aromatic heterocycles. The molecule has 0 spiro atoms. The van der Waals surface area contributed by atoms with Crippen LogP contribution < -0.4 is 4.74 Å². The van der Waals surface area contributed by atoms with Crippen LogP contribution in [0.1, 0.15) is 34.2 Å². The van der Waals surface area contributed by atoms with Crippen molar-refractivity contribution in [3.8, 4) is 5.75 Å². The van der Waals surface area contributed by atoms with Crippen molar-refractivity contribution in [3.63, 3.8) is 0 Å². The molecule has 1 aliphatic heterocycles. The molecule has 6 nitrogen and oxygen atoms in total. The lowest BCUT2D eigenvalue weighted by molar-refractivity contribution is 0.0404. The average Bonchev–Trinajstić information content (AvgIpc) is 3.15. The molecule has 0 bridgehead atoms. The molecule has 134 valence electrons. The predicted molar refractivity (Wildman–Crippen MR) is 94.7 cm³/mol. The zero-order valence-corrected chi connectivity index (χ0v) is 15.2. The van der Waals surface area contributed by atoms with Gasteiger partial charge in [0.05, 0.1) is 13.7 Å². The summed E-state index contributed by atoms with van der Waals surface area (Å²) in [5, 5.41) is 4.18. The number of aromatic nitrogens is 2. The van der Waals surface area contributed by atoms with Crippen LogP contribution in [0.25, 0.3) is 0 Å². The lowest BCUT2D eigenvalue weighted by Gasteiger charge is -2.25. The summed E-state index contributed by atoms with van der Waals surface area (Å²) in [6.45, 7) is 3.30. The smallest absolute Gasteiger partial charge is 0.358 e. The topological polar surface area (TPSA) is 56.6 Å². The van der Waals surface area contributed by atoms with Crippen molar-refractivity contribution in [1.82, 2.24) is 14.7 Å². The van der Waals surface area contributed by atoms with E-state index in [-0.39, 0.29) is 17.9 Å². The van der Waals surface area contributed by atoms with Crippen LogP contribution in [0, 0.1) is 12.8 Å². The Morgan fingerprint density at radius 3 is 2.60 bits per heavy atom. The molecule has 1 aliphatic rings. The molecule has 2 heterocycles. The van der Waals surface area contributed by atoms with Gasteiger partial charge in [0.2, 0.25) is 0 Å². The third kappa shape index (κ3) is 3.69. The molecule has 6 heteroatoms. The maximum absolute atomic E-state index is 12.2. The molecule has 0 unspecified atom stereocenters. The van der Waals surface area contributed by atoms with Crippen LogP contribution in [0.3, 0.4) is 0 Å². The molecule has 0 radical (unpaired) electrons. The summed E-state index contributed by atoms with van der Waals surface area (Å²) in [7, 11) is 5.59. The summed E-state index contributed by atoms with van der Waals surface area (Å²) in [6.07, 6.45) is 1.00. The van der Waals surface area contributed by atoms with Crippen LogP contribution in [0.2, 0.25) is 0 Å².